The summed E-state index contributed by atoms with van der Waals surface area (Å²) in [5.41, 5.74) is 1.75. The SMILES string of the molecule is COc1ccc(CSC2=NCN([C@@H]3C[C@@H](C)CC(C)(C)C3)CN2)cc1. The highest BCUT2D eigenvalue weighted by atomic mass is 32.2. The number of aliphatic imine (C=N–C) groups is 1. The van der Waals surface area contributed by atoms with Crippen molar-refractivity contribution in [3.8, 4) is 5.75 Å². The number of benzene rings is 1. The summed E-state index contributed by atoms with van der Waals surface area (Å²) >= 11 is 1.78. The number of nitrogens with zero attached hydrogens (tertiary/aromatic N) is 2. The van der Waals surface area contributed by atoms with Gasteiger partial charge in [-0.1, -0.05) is 44.7 Å². The van der Waals surface area contributed by atoms with Crippen LogP contribution < -0.4 is 10.1 Å². The van der Waals surface area contributed by atoms with Crippen LogP contribution in [0, 0.1) is 11.3 Å². The first-order chi connectivity index (χ1) is 11.9. The van der Waals surface area contributed by atoms with Crippen LogP contribution in [0.15, 0.2) is 29.3 Å². The highest BCUT2D eigenvalue weighted by Gasteiger charge is 2.35. The molecule has 0 spiro atoms. The van der Waals surface area contributed by atoms with E-state index in [9.17, 15) is 0 Å². The molecule has 1 N–H and O–H groups in total. The molecule has 2 atom stereocenters. The zero-order valence-corrected chi connectivity index (χ0v) is 16.7. The van der Waals surface area contributed by atoms with Crippen LogP contribution in [0.3, 0.4) is 0 Å². The molecule has 0 amide bonds. The lowest BCUT2D eigenvalue weighted by Crippen LogP contribution is -2.50. The molecular formula is C20H31N3OS. The molecule has 1 saturated carbocycles. The summed E-state index contributed by atoms with van der Waals surface area (Å²) in [4.78, 5) is 7.29. The fourth-order valence-electron chi connectivity index (χ4n) is 4.22. The van der Waals surface area contributed by atoms with Gasteiger partial charge in [-0.2, -0.15) is 0 Å². The van der Waals surface area contributed by atoms with Gasteiger partial charge in [0.05, 0.1) is 20.4 Å². The highest BCUT2D eigenvalue weighted by Crippen LogP contribution is 2.40. The second-order valence-corrected chi connectivity index (χ2v) is 9.20. The van der Waals surface area contributed by atoms with Gasteiger partial charge in [-0.25, -0.2) is 4.99 Å². The summed E-state index contributed by atoms with van der Waals surface area (Å²) in [5.74, 6) is 2.65. The fourth-order valence-corrected chi connectivity index (χ4v) is 5.03. The van der Waals surface area contributed by atoms with Crippen LogP contribution in [0.4, 0.5) is 0 Å². The number of nitrogens with one attached hydrogen (secondary N) is 1. The molecule has 1 aromatic carbocycles. The molecule has 0 aromatic heterocycles. The molecule has 0 unspecified atom stereocenters. The molecule has 25 heavy (non-hydrogen) atoms. The Labute approximate surface area is 156 Å². The Morgan fingerprint density at radius 2 is 2.04 bits per heavy atom. The van der Waals surface area contributed by atoms with Gasteiger partial charge < -0.3 is 10.1 Å². The van der Waals surface area contributed by atoms with E-state index in [-0.39, 0.29) is 0 Å². The van der Waals surface area contributed by atoms with E-state index >= 15 is 0 Å². The Bertz CT molecular complexity index is 599. The Morgan fingerprint density at radius 1 is 1.28 bits per heavy atom. The first-order valence-corrected chi connectivity index (χ1v) is 10.2. The third-order valence-electron chi connectivity index (χ3n) is 5.24. The number of methoxy groups -OCH3 is 1. The van der Waals surface area contributed by atoms with Crippen molar-refractivity contribution < 1.29 is 4.74 Å². The Morgan fingerprint density at radius 3 is 2.64 bits per heavy atom. The van der Waals surface area contributed by atoms with E-state index in [0.717, 1.165) is 35.9 Å². The van der Waals surface area contributed by atoms with Gasteiger partial charge in [0.1, 0.15) is 5.75 Å². The molecule has 1 aromatic rings. The van der Waals surface area contributed by atoms with Gasteiger partial charge in [0, 0.05) is 11.8 Å². The number of hydrogen-bond donors (Lipinski definition) is 1. The number of rotatable bonds is 4. The maximum Gasteiger partial charge on any atom is 0.159 e. The van der Waals surface area contributed by atoms with Crippen molar-refractivity contribution in [3.63, 3.8) is 0 Å². The van der Waals surface area contributed by atoms with Crippen LogP contribution >= 0.6 is 11.8 Å². The van der Waals surface area contributed by atoms with Crippen molar-refractivity contribution in [1.82, 2.24) is 10.2 Å². The van der Waals surface area contributed by atoms with E-state index in [1.807, 2.05) is 12.1 Å². The van der Waals surface area contributed by atoms with E-state index in [0.29, 0.717) is 11.5 Å². The molecule has 5 heteroatoms. The van der Waals surface area contributed by atoms with Gasteiger partial charge in [-0.05, 0) is 48.3 Å². The van der Waals surface area contributed by atoms with Crippen molar-refractivity contribution in [3.05, 3.63) is 29.8 Å². The maximum atomic E-state index is 5.21. The van der Waals surface area contributed by atoms with Crippen LogP contribution in [0.25, 0.3) is 0 Å². The minimum Gasteiger partial charge on any atom is -0.497 e. The largest absolute Gasteiger partial charge is 0.497 e. The van der Waals surface area contributed by atoms with Gasteiger partial charge in [0.2, 0.25) is 0 Å². The molecule has 0 saturated heterocycles. The number of hydrogen-bond acceptors (Lipinski definition) is 5. The topological polar surface area (TPSA) is 36.9 Å². The third kappa shape index (κ3) is 5.14. The summed E-state index contributed by atoms with van der Waals surface area (Å²) in [5, 5.41) is 4.58. The van der Waals surface area contributed by atoms with E-state index in [2.05, 4.69) is 43.1 Å². The van der Waals surface area contributed by atoms with Gasteiger partial charge in [-0.15, -0.1) is 0 Å². The smallest absolute Gasteiger partial charge is 0.159 e. The third-order valence-corrected chi connectivity index (χ3v) is 6.27. The Hall–Kier alpha value is -1.20. The zero-order valence-electron chi connectivity index (χ0n) is 15.9. The van der Waals surface area contributed by atoms with E-state index in [1.165, 1.54) is 24.8 Å². The van der Waals surface area contributed by atoms with Crippen LogP contribution in [0.1, 0.15) is 45.6 Å². The number of ether oxygens (including phenoxy) is 1. The average molecular weight is 362 g/mol. The summed E-state index contributed by atoms with van der Waals surface area (Å²) in [6.45, 7) is 8.96. The second kappa shape index (κ2) is 8.00. The molecule has 3 rings (SSSR count). The molecule has 1 aliphatic carbocycles. The molecule has 1 heterocycles. The van der Waals surface area contributed by atoms with Gasteiger partial charge in [0.25, 0.3) is 0 Å². The summed E-state index contributed by atoms with van der Waals surface area (Å²) in [6.07, 6.45) is 3.93. The first kappa shape index (κ1) is 18.6. The lowest BCUT2D eigenvalue weighted by atomic mass is 9.70. The number of amidine groups is 1. The Kier molecular flexibility index (Phi) is 5.95. The molecule has 2 aliphatic rings. The normalized spacial score (nSPS) is 26.6. The summed E-state index contributed by atoms with van der Waals surface area (Å²) in [6, 6.07) is 8.92. The highest BCUT2D eigenvalue weighted by molar-refractivity contribution is 8.13. The predicted molar refractivity (Wildman–Crippen MR) is 107 cm³/mol. The predicted octanol–water partition coefficient (Wildman–Crippen LogP) is 4.32. The van der Waals surface area contributed by atoms with Crippen molar-refractivity contribution in [1.29, 1.82) is 0 Å². The van der Waals surface area contributed by atoms with Crippen LogP contribution in [-0.4, -0.2) is 36.6 Å². The molecule has 0 bridgehead atoms. The van der Waals surface area contributed by atoms with Gasteiger partial charge in [-0.3, -0.25) is 4.90 Å². The first-order valence-electron chi connectivity index (χ1n) is 9.23. The van der Waals surface area contributed by atoms with Crippen LogP contribution in [0.2, 0.25) is 0 Å². The zero-order chi connectivity index (χ0) is 17.9. The van der Waals surface area contributed by atoms with E-state index in [1.54, 1.807) is 18.9 Å². The second-order valence-electron chi connectivity index (χ2n) is 8.23. The van der Waals surface area contributed by atoms with Crippen molar-refractivity contribution >= 4 is 16.9 Å². The number of thioether (sulfide) groups is 1. The van der Waals surface area contributed by atoms with Crippen molar-refractivity contribution in [2.75, 3.05) is 20.4 Å². The van der Waals surface area contributed by atoms with E-state index < -0.39 is 0 Å². The fraction of sp³-hybridized carbons (Fsp3) is 0.650. The molecule has 0 radical (unpaired) electrons. The molecule has 1 aliphatic heterocycles. The minimum atomic E-state index is 0.454. The average Bonchev–Trinajstić information content (AvgIpc) is 2.59. The van der Waals surface area contributed by atoms with Crippen molar-refractivity contribution in [2.45, 2.75) is 51.8 Å². The van der Waals surface area contributed by atoms with E-state index in [4.69, 9.17) is 9.73 Å². The summed E-state index contributed by atoms with van der Waals surface area (Å²) in [7, 11) is 1.70. The van der Waals surface area contributed by atoms with Gasteiger partial charge >= 0.3 is 0 Å². The monoisotopic (exact) mass is 361 g/mol. The van der Waals surface area contributed by atoms with Gasteiger partial charge in [0.15, 0.2) is 5.17 Å². The maximum absolute atomic E-state index is 5.21. The van der Waals surface area contributed by atoms with Crippen molar-refractivity contribution in [2.24, 2.45) is 16.3 Å². The lowest BCUT2D eigenvalue weighted by Gasteiger charge is -2.44. The van der Waals surface area contributed by atoms with Crippen LogP contribution in [0.5, 0.6) is 5.75 Å². The Balaban J connectivity index is 1.50. The standard InChI is InChI=1S/C20H31N3OS/c1-15-9-17(11-20(2,3)10-15)23-13-21-19(22-14-23)25-12-16-5-7-18(24-4)8-6-16/h5-8,15,17H,9-14H2,1-4H3,(H,21,22)/t15-,17-/m1/s1. The molecular weight excluding hydrogens is 330 g/mol. The quantitative estimate of drug-likeness (QED) is 0.866. The molecule has 4 nitrogen and oxygen atoms in total. The lowest BCUT2D eigenvalue weighted by molar-refractivity contribution is 0.0642. The molecule has 138 valence electrons. The molecule has 1 fully saturated rings. The van der Waals surface area contributed by atoms with Crippen LogP contribution in [-0.2, 0) is 5.75 Å². The summed E-state index contributed by atoms with van der Waals surface area (Å²) < 4.78 is 5.21. The minimum absolute atomic E-state index is 0.454.